The summed E-state index contributed by atoms with van der Waals surface area (Å²) in [7, 11) is 0. The summed E-state index contributed by atoms with van der Waals surface area (Å²) in [6.45, 7) is 7.03. The highest BCUT2D eigenvalue weighted by Gasteiger charge is 2.32. The number of hydrogen-bond acceptors (Lipinski definition) is 3. The van der Waals surface area contributed by atoms with Crippen LogP contribution < -0.4 is 5.32 Å². The van der Waals surface area contributed by atoms with Gasteiger partial charge < -0.3 is 19.7 Å². The van der Waals surface area contributed by atoms with Gasteiger partial charge in [0, 0.05) is 49.3 Å². The third kappa shape index (κ3) is 3.79. The maximum absolute atomic E-state index is 13.3. The molecule has 0 saturated carbocycles. The Bertz CT molecular complexity index is 922. The highest BCUT2D eigenvalue weighted by Crippen LogP contribution is 2.25. The number of rotatable bonds is 3. The molecule has 0 aliphatic carbocycles. The molecular formula is C22H27FN4O2. The fourth-order valence-electron chi connectivity index (χ4n) is 4.54. The number of amides is 2. The van der Waals surface area contributed by atoms with Gasteiger partial charge in [0.05, 0.1) is 12.1 Å². The van der Waals surface area contributed by atoms with E-state index in [1.54, 1.807) is 12.1 Å². The number of benzene rings is 1. The monoisotopic (exact) mass is 398 g/mol. The van der Waals surface area contributed by atoms with Crippen LogP contribution in [0, 0.1) is 19.7 Å². The van der Waals surface area contributed by atoms with Gasteiger partial charge in [-0.2, -0.15) is 0 Å². The van der Waals surface area contributed by atoms with Crippen molar-refractivity contribution in [1.29, 1.82) is 0 Å². The summed E-state index contributed by atoms with van der Waals surface area (Å²) >= 11 is 0. The van der Waals surface area contributed by atoms with Crippen molar-refractivity contribution in [3.63, 3.8) is 0 Å². The molecule has 3 heterocycles. The lowest BCUT2D eigenvalue weighted by molar-refractivity contribution is -0.135. The number of hydrogen-bond donors (Lipinski definition) is 1. The normalized spacial score (nSPS) is 20.2. The first-order chi connectivity index (χ1) is 14.0. The van der Waals surface area contributed by atoms with E-state index in [4.69, 9.17) is 0 Å². The van der Waals surface area contributed by atoms with Crippen molar-refractivity contribution in [3.8, 4) is 5.69 Å². The van der Waals surface area contributed by atoms with E-state index in [2.05, 4.69) is 5.32 Å². The SMILES string of the molecule is Cc1cc(C(=O)N2CCCC(N3CCNCC3=O)C2)c(C)n1-c1ccc(F)cc1. The molecule has 4 rings (SSSR count). The van der Waals surface area contributed by atoms with Crippen molar-refractivity contribution < 1.29 is 14.0 Å². The summed E-state index contributed by atoms with van der Waals surface area (Å²) in [6.07, 6.45) is 1.83. The van der Waals surface area contributed by atoms with E-state index in [1.807, 2.05) is 34.3 Å². The number of aryl methyl sites for hydroxylation is 1. The quantitative estimate of drug-likeness (QED) is 0.863. The van der Waals surface area contributed by atoms with E-state index >= 15 is 0 Å². The Labute approximate surface area is 170 Å². The van der Waals surface area contributed by atoms with Gasteiger partial charge in [-0.3, -0.25) is 9.59 Å². The fourth-order valence-corrected chi connectivity index (χ4v) is 4.54. The number of nitrogens with one attached hydrogen (secondary N) is 1. The standard InChI is InChI=1S/C22H27FN4O2/c1-15-12-20(16(2)27(15)18-7-5-17(23)6-8-18)22(29)25-10-3-4-19(14-25)26-11-9-24-13-21(26)28/h5-8,12,19,24H,3-4,9-11,13-14H2,1-2H3. The zero-order valence-electron chi connectivity index (χ0n) is 16.9. The van der Waals surface area contributed by atoms with E-state index in [0.717, 1.165) is 36.5 Å². The maximum Gasteiger partial charge on any atom is 0.255 e. The minimum atomic E-state index is -0.283. The summed E-state index contributed by atoms with van der Waals surface area (Å²) in [5.74, 6) is -0.168. The lowest BCUT2D eigenvalue weighted by Gasteiger charge is -2.41. The van der Waals surface area contributed by atoms with E-state index in [9.17, 15) is 14.0 Å². The topological polar surface area (TPSA) is 57.6 Å². The molecule has 2 aliphatic rings. The Morgan fingerprint density at radius 2 is 1.93 bits per heavy atom. The van der Waals surface area contributed by atoms with Crippen LogP contribution in [-0.4, -0.2) is 64.9 Å². The van der Waals surface area contributed by atoms with Crippen molar-refractivity contribution in [1.82, 2.24) is 19.7 Å². The van der Waals surface area contributed by atoms with Crippen LogP contribution in [0.5, 0.6) is 0 Å². The van der Waals surface area contributed by atoms with Crippen molar-refractivity contribution >= 4 is 11.8 Å². The van der Waals surface area contributed by atoms with E-state index in [-0.39, 0.29) is 23.7 Å². The maximum atomic E-state index is 13.3. The van der Waals surface area contributed by atoms with Crippen LogP contribution in [0.15, 0.2) is 30.3 Å². The largest absolute Gasteiger partial charge is 0.337 e. The number of piperazine rings is 1. The minimum absolute atomic E-state index is 0.00116. The smallest absolute Gasteiger partial charge is 0.255 e. The summed E-state index contributed by atoms with van der Waals surface area (Å²) in [5.41, 5.74) is 3.28. The second-order valence-corrected chi connectivity index (χ2v) is 7.91. The molecule has 2 aliphatic heterocycles. The predicted octanol–water partition coefficient (Wildman–Crippen LogP) is 2.27. The van der Waals surface area contributed by atoms with Crippen LogP contribution in [-0.2, 0) is 4.79 Å². The number of piperidine rings is 1. The molecule has 154 valence electrons. The van der Waals surface area contributed by atoms with Gasteiger partial charge in [-0.05, 0) is 57.0 Å². The molecule has 2 fully saturated rings. The first kappa shape index (κ1) is 19.6. The van der Waals surface area contributed by atoms with Crippen LogP contribution in [0.1, 0.15) is 34.6 Å². The number of nitrogens with zero attached hydrogens (tertiary/aromatic N) is 3. The Balaban J connectivity index is 1.55. The Morgan fingerprint density at radius 3 is 2.66 bits per heavy atom. The van der Waals surface area contributed by atoms with Crippen molar-refractivity contribution in [2.45, 2.75) is 32.7 Å². The summed E-state index contributed by atoms with van der Waals surface area (Å²) in [4.78, 5) is 29.4. The Morgan fingerprint density at radius 1 is 1.17 bits per heavy atom. The van der Waals surface area contributed by atoms with Gasteiger partial charge in [-0.1, -0.05) is 0 Å². The third-order valence-corrected chi connectivity index (χ3v) is 6.00. The highest BCUT2D eigenvalue weighted by atomic mass is 19.1. The van der Waals surface area contributed by atoms with Gasteiger partial charge in [0.15, 0.2) is 0 Å². The molecular weight excluding hydrogens is 371 g/mol. The third-order valence-electron chi connectivity index (χ3n) is 6.00. The molecule has 0 spiro atoms. The molecule has 0 radical (unpaired) electrons. The van der Waals surface area contributed by atoms with Gasteiger partial charge in [-0.15, -0.1) is 0 Å². The lowest BCUT2D eigenvalue weighted by Crippen LogP contribution is -2.57. The molecule has 1 aromatic carbocycles. The zero-order chi connectivity index (χ0) is 20.5. The van der Waals surface area contributed by atoms with Gasteiger partial charge in [0.25, 0.3) is 5.91 Å². The zero-order valence-corrected chi connectivity index (χ0v) is 16.9. The Hall–Kier alpha value is -2.67. The highest BCUT2D eigenvalue weighted by molar-refractivity contribution is 5.96. The van der Waals surface area contributed by atoms with Gasteiger partial charge in [0.1, 0.15) is 5.82 Å². The predicted molar refractivity (Wildman–Crippen MR) is 109 cm³/mol. The number of aromatic nitrogens is 1. The van der Waals surface area contributed by atoms with Crippen LogP contribution in [0.25, 0.3) is 5.69 Å². The average Bonchev–Trinajstić information content (AvgIpc) is 3.03. The van der Waals surface area contributed by atoms with Crippen molar-refractivity contribution in [3.05, 3.63) is 53.1 Å². The first-order valence-electron chi connectivity index (χ1n) is 10.2. The number of carbonyl (C=O) groups excluding carboxylic acids is 2. The molecule has 1 aromatic heterocycles. The van der Waals surface area contributed by atoms with Crippen LogP contribution in [0.2, 0.25) is 0 Å². The molecule has 2 aromatic rings. The second-order valence-electron chi connectivity index (χ2n) is 7.91. The molecule has 0 bridgehead atoms. The molecule has 2 amide bonds. The first-order valence-corrected chi connectivity index (χ1v) is 10.2. The molecule has 29 heavy (non-hydrogen) atoms. The molecule has 7 heteroatoms. The van der Waals surface area contributed by atoms with Crippen LogP contribution in [0.4, 0.5) is 4.39 Å². The van der Waals surface area contributed by atoms with Crippen LogP contribution >= 0.6 is 0 Å². The van der Waals surface area contributed by atoms with Crippen molar-refractivity contribution in [2.24, 2.45) is 0 Å². The lowest BCUT2D eigenvalue weighted by atomic mass is 10.0. The Kier molecular flexibility index (Phi) is 5.41. The summed E-state index contributed by atoms with van der Waals surface area (Å²) < 4.78 is 15.3. The summed E-state index contributed by atoms with van der Waals surface area (Å²) in [5, 5.41) is 3.10. The molecule has 1 unspecified atom stereocenters. The summed E-state index contributed by atoms with van der Waals surface area (Å²) in [6, 6.07) is 8.28. The van der Waals surface area contributed by atoms with Gasteiger partial charge >= 0.3 is 0 Å². The molecule has 2 saturated heterocycles. The average molecular weight is 398 g/mol. The van der Waals surface area contributed by atoms with Gasteiger partial charge in [0.2, 0.25) is 5.91 Å². The van der Waals surface area contributed by atoms with Crippen LogP contribution in [0.3, 0.4) is 0 Å². The molecule has 1 atom stereocenters. The van der Waals surface area contributed by atoms with Crippen molar-refractivity contribution in [2.75, 3.05) is 32.7 Å². The molecule has 1 N–H and O–H groups in total. The van der Waals surface area contributed by atoms with E-state index in [1.165, 1.54) is 12.1 Å². The van der Waals surface area contributed by atoms with E-state index < -0.39 is 0 Å². The van der Waals surface area contributed by atoms with Gasteiger partial charge in [-0.25, -0.2) is 4.39 Å². The number of likely N-dealkylation sites (tertiary alicyclic amines) is 1. The minimum Gasteiger partial charge on any atom is -0.337 e. The molecule has 6 nitrogen and oxygen atoms in total. The number of carbonyl (C=O) groups is 2. The fraction of sp³-hybridized carbons (Fsp3) is 0.455. The van der Waals surface area contributed by atoms with E-state index in [0.29, 0.717) is 31.7 Å². The number of halogens is 1. The second kappa shape index (κ2) is 7.99.